The van der Waals surface area contributed by atoms with Crippen molar-refractivity contribution >= 4 is 5.91 Å². The van der Waals surface area contributed by atoms with E-state index in [9.17, 15) is 14.3 Å². The minimum Gasteiger partial charge on any atom is -0.394 e. The molecule has 1 saturated heterocycles. The van der Waals surface area contributed by atoms with Gasteiger partial charge in [0.15, 0.2) is 0 Å². The third-order valence-corrected chi connectivity index (χ3v) is 3.51. The van der Waals surface area contributed by atoms with E-state index in [1.165, 1.54) is 4.90 Å². The number of halogens is 1. The normalized spacial score (nSPS) is 22.6. The third-order valence-electron chi connectivity index (χ3n) is 3.51. The van der Waals surface area contributed by atoms with Gasteiger partial charge in [0, 0.05) is 18.5 Å². The predicted octanol–water partition coefficient (Wildman–Crippen LogP) is 1.29. The number of nitrogens with zero attached hydrogens (tertiary/aromatic N) is 2. The zero-order valence-corrected chi connectivity index (χ0v) is 11.9. The van der Waals surface area contributed by atoms with Crippen LogP contribution < -0.4 is 0 Å². The lowest BCUT2D eigenvalue weighted by Crippen LogP contribution is -2.37. The first-order valence-corrected chi connectivity index (χ1v) is 6.81. The van der Waals surface area contributed by atoms with Crippen molar-refractivity contribution in [1.82, 2.24) is 9.80 Å². The number of amides is 1. The Balaban J connectivity index is 2.16. The molecule has 110 valence electrons. The molecule has 0 bridgehead atoms. The average Bonchev–Trinajstić information content (AvgIpc) is 2.78. The first kappa shape index (κ1) is 14.9. The van der Waals surface area contributed by atoms with Gasteiger partial charge < -0.3 is 14.9 Å². The molecule has 1 aromatic rings. The Morgan fingerprint density at radius 1 is 1.50 bits per heavy atom. The molecule has 2 atom stereocenters. The lowest BCUT2D eigenvalue weighted by atomic mass is 10.1. The number of alkyl halides is 1. The number of likely N-dealkylation sites (tertiary alicyclic amines) is 1. The van der Waals surface area contributed by atoms with Crippen molar-refractivity contribution in [3.05, 3.63) is 35.4 Å². The summed E-state index contributed by atoms with van der Waals surface area (Å²) in [5, 5.41) is 9.26. The summed E-state index contributed by atoms with van der Waals surface area (Å²) >= 11 is 0. The van der Waals surface area contributed by atoms with Crippen molar-refractivity contribution < 1.29 is 14.3 Å². The van der Waals surface area contributed by atoms with E-state index < -0.39 is 12.2 Å². The fourth-order valence-corrected chi connectivity index (χ4v) is 2.62. The summed E-state index contributed by atoms with van der Waals surface area (Å²) in [5.41, 5.74) is 1.59. The molecule has 1 heterocycles. The topological polar surface area (TPSA) is 43.8 Å². The summed E-state index contributed by atoms with van der Waals surface area (Å²) in [6.45, 7) is 0.627. The average molecular weight is 280 g/mol. The molecule has 0 radical (unpaired) electrons. The summed E-state index contributed by atoms with van der Waals surface area (Å²) in [6.07, 6.45) is -0.819. The Hall–Kier alpha value is -1.46. The number of hydrogen-bond donors (Lipinski definition) is 1. The van der Waals surface area contributed by atoms with E-state index in [2.05, 4.69) is 0 Å². The summed E-state index contributed by atoms with van der Waals surface area (Å²) in [6, 6.07) is 6.96. The van der Waals surface area contributed by atoms with Crippen LogP contribution in [0.5, 0.6) is 0 Å². The van der Waals surface area contributed by atoms with E-state index in [0.717, 1.165) is 12.1 Å². The number of benzene rings is 1. The summed E-state index contributed by atoms with van der Waals surface area (Å²) in [4.78, 5) is 15.9. The largest absolute Gasteiger partial charge is 0.394 e. The van der Waals surface area contributed by atoms with Crippen LogP contribution in [0.15, 0.2) is 24.3 Å². The quantitative estimate of drug-likeness (QED) is 0.904. The van der Waals surface area contributed by atoms with Crippen LogP contribution >= 0.6 is 0 Å². The predicted molar refractivity (Wildman–Crippen MR) is 75.3 cm³/mol. The summed E-state index contributed by atoms with van der Waals surface area (Å²) < 4.78 is 13.4. The molecule has 0 spiro atoms. The minimum absolute atomic E-state index is 0.0714. The number of aliphatic hydroxyl groups excluding tert-OH is 1. The van der Waals surface area contributed by atoms with Gasteiger partial charge in [-0.25, -0.2) is 4.39 Å². The maximum atomic E-state index is 13.4. The minimum atomic E-state index is -1.04. The Morgan fingerprint density at radius 2 is 2.25 bits per heavy atom. The molecule has 1 aliphatic rings. The highest BCUT2D eigenvalue weighted by Gasteiger charge is 2.35. The molecule has 4 nitrogen and oxygen atoms in total. The smallest absolute Gasteiger partial charge is 0.254 e. The van der Waals surface area contributed by atoms with Crippen LogP contribution in [0, 0.1) is 0 Å². The van der Waals surface area contributed by atoms with Crippen LogP contribution in [0.2, 0.25) is 0 Å². The Morgan fingerprint density at radius 3 is 2.90 bits per heavy atom. The molecule has 1 aromatic carbocycles. The van der Waals surface area contributed by atoms with Gasteiger partial charge in [-0.2, -0.15) is 0 Å². The molecule has 0 unspecified atom stereocenters. The Bertz CT molecular complexity index is 479. The number of carbonyl (C=O) groups is 1. The van der Waals surface area contributed by atoms with E-state index in [-0.39, 0.29) is 25.5 Å². The standard InChI is InChI=1S/C15H21FN2O2/c1-17(2)8-11-4-3-5-12(6-11)15(20)18-9-13(16)7-14(18)10-19/h3-6,13-14,19H,7-10H2,1-2H3/t13-,14-/m0/s1. The van der Waals surface area contributed by atoms with Gasteiger partial charge in [0.25, 0.3) is 5.91 Å². The van der Waals surface area contributed by atoms with Crippen LogP contribution in [0.25, 0.3) is 0 Å². The first-order valence-electron chi connectivity index (χ1n) is 6.81. The Labute approximate surface area is 118 Å². The number of aliphatic hydroxyl groups is 1. The van der Waals surface area contributed by atoms with E-state index in [4.69, 9.17) is 0 Å². The molecule has 2 rings (SSSR count). The molecule has 20 heavy (non-hydrogen) atoms. The van der Waals surface area contributed by atoms with Gasteiger partial charge in [0.1, 0.15) is 6.17 Å². The van der Waals surface area contributed by atoms with Crippen molar-refractivity contribution in [2.45, 2.75) is 25.2 Å². The van der Waals surface area contributed by atoms with Gasteiger partial charge in [0.2, 0.25) is 0 Å². The third kappa shape index (κ3) is 3.35. The van der Waals surface area contributed by atoms with Crippen LogP contribution in [0.1, 0.15) is 22.3 Å². The number of carbonyl (C=O) groups excluding carboxylic acids is 1. The lowest BCUT2D eigenvalue weighted by molar-refractivity contribution is 0.0672. The molecular formula is C15H21FN2O2. The van der Waals surface area contributed by atoms with Gasteiger partial charge in [-0.1, -0.05) is 12.1 Å². The maximum absolute atomic E-state index is 13.4. The van der Waals surface area contributed by atoms with Crippen LogP contribution in [0.4, 0.5) is 4.39 Å². The van der Waals surface area contributed by atoms with Crippen molar-refractivity contribution in [2.24, 2.45) is 0 Å². The highest BCUT2D eigenvalue weighted by Crippen LogP contribution is 2.22. The van der Waals surface area contributed by atoms with Crippen LogP contribution in [0.3, 0.4) is 0 Å². The zero-order valence-electron chi connectivity index (χ0n) is 11.9. The molecule has 1 fully saturated rings. The molecule has 0 aromatic heterocycles. The molecule has 0 saturated carbocycles. The van der Waals surface area contributed by atoms with Gasteiger partial charge in [-0.05, 0) is 31.8 Å². The van der Waals surface area contributed by atoms with Gasteiger partial charge in [-0.3, -0.25) is 4.79 Å². The highest BCUT2D eigenvalue weighted by molar-refractivity contribution is 5.94. The van der Waals surface area contributed by atoms with Crippen molar-refractivity contribution in [2.75, 3.05) is 27.2 Å². The van der Waals surface area contributed by atoms with Crippen molar-refractivity contribution in [3.63, 3.8) is 0 Å². The number of rotatable bonds is 4. The van der Waals surface area contributed by atoms with Gasteiger partial charge in [0.05, 0.1) is 19.2 Å². The fraction of sp³-hybridized carbons (Fsp3) is 0.533. The van der Waals surface area contributed by atoms with E-state index in [1.54, 1.807) is 6.07 Å². The second-order valence-electron chi connectivity index (χ2n) is 5.57. The second-order valence-corrected chi connectivity index (χ2v) is 5.57. The summed E-state index contributed by atoms with van der Waals surface area (Å²) in [5.74, 6) is -0.204. The molecule has 5 heteroatoms. The monoisotopic (exact) mass is 280 g/mol. The van der Waals surface area contributed by atoms with E-state index >= 15 is 0 Å². The molecule has 1 amide bonds. The fourth-order valence-electron chi connectivity index (χ4n) is 2.62. The zero-order chi connectivity index (χ0) is 14.7. The lowest BCUT2D eigenvalue weighted by Gasteiger charge is -2.23. The van der Waals surface area contributed by atoms with Gasteiger partial charge in [-0.15, -0.1) is 0 Å². The highest BCUT2D eigenvalue weighted by atomic mass is 19.1. The van der Waals surface area contributed by atoms with E-state index in [0.29, 0.717) is 5.56 Å². The maximum Gasteiger partial charge on any atom is 0.254 e. The SMILES string of the molecule is CN(C)Cc1cccc(C(=O)N2C[C@@H](F)C[C@H]2CO)c1. The number of hydrogen-bond acceptors (Lipinski definition) is 3. The second kappa shape index (κ2) is 6.33. The van der Waals surface area contributed by atoms with E-state index in [1.807, 2.05) is 37.2 Å². The van der Waals surface area contributed by atoms with Crippen molar-refractivity contribution in [1.29, 1.82) is 0 Å². The first-order chi connectivity index (χ1) is 9.51. The van der Waals surface area contributed by atoms with Crippen molar-refractivity contribution in [3.8, 4) is 0 Å². The summed E-state index contributed by atoms with van der Waals surface area (Å²) in [7, 11) is 3.93. The molecular weight excluding hydrogens is 259 g/mol. The molecule has 0 aliphatic carbocycles. The Kier molecular flexibility index (Phi) is 4.73. The molecule has 1 aliphatic heterocycles. The van der Waals surface area contributed by atoms with Crippen LogP contribution in [-0.4, -0.2) is 60.3 Å². The van der Waals surface area contributed by atoms with Crippen LogP contribution in [-0.2, 0) is 6.54 Å². The molecule has 1 N–H and O–H groups in total. The van der Waals surface area contributed by atoms with Gasteiger partial charge >= 0.3 is 0 Å².